The minimum Gasteiger partial charge on any atom is -0.293 e. The SMILES string of the molecule is Cc1c(-c2nc(SCC(=O)c3ccc([N+](=O)[O-])cc3)n[nH]2)nnn1-c1ccc(S(N)(=O)=O)cc1. The predicted molar refractivity (Wildman–Crippen MR) is 121 cm³/mol. The number of carbonyl (C=O) groups is 1. The topological polar surface area (TPSA) is 193 Å². The third-order valence-corrected chi connectivity index (χ3v) is 6.50. The van der Waals surface area contributed by atoms with E-state index in [0.29, 0.717) is 33.6 Å². The Morgan fingerprint density at radius 1 is 1.18 bits per heavy atom. The molecule has 2 aromatic carbocycles. The predicted octanol–water partition coefficient (Wildman–Crippen LogP) is 1.89. The van der Waals surface area contributed by atoms with E-state index in [2.05, 4.69) is 25.5 Å². The summed E-state index contributed by atoms with van der Waals surface area (Å²) >= 11 is 1.10. The summed E-state index contributed by atoms with van der Waals surface area (Å²) in [5.41, 5.74) is 1.88. The monoisotopic (exact) mass is 500 g/mol. The number of nitrogens with zero attached hydrogens (tertiary/aromatic N) is 6. The van der Waals surface area contributed by atoms with Crippen LogP contribution in [0.3, 0.4) is 0 Å². The summed E-state index contributed by atoms with van der Waals surface area (Å²) in [7, 11) is -3.80. The molecular weight excluding hydrogens is 484 g/mol. The number of thioether (sulfide) groups is 1. The number of primary sulfonamides is 1. The first-order valence-electron chi connectivity index (χ1n) is 9.52. The fourth-order valence-corrected chi connectivity index (χ4v) is 4.18. The van der Waals surface area contributed by atoms with Gasteiger partial charge in [0, 0.05) is 17.7 Å². The molecule has 0 aliphatic rings. The molecule has 0 saturated heterocycles. The highest BCUT2D eigenvalue weighted by atomic mass is 32.2. The molecular formula is C19H16N8O5S2. The lowest BCUT2D eigenvalue weighted by atomic mass is 10.1. The lowest BCUT2D eigenvalue weighted by molar-refractivity contribution is -0.384. The lowest BCUT2D eigenvalue weighted by Gasteiger charge is -2.04. The van der Waals surface area contributed by atoms with Crippen molar-refractivity contribution in [2.75, 3.05) is 5.75 Å². The third-order valence-electron chi connectivity index (χ3n) is 4.73. The number of benzene rings is 2. The fourth-order valence-electron chi connectivity index (χ4n) is 2.97. The molecule has 15 heteroatoms. The normalized spacial score (nSPS) is 11.5. The van der Waals surface area contributed by atoms with Crippen LogP contribution in [0.4, 0.5) is 5.69 Å². The summed E-state index contributed by atoms with van der Waals surface area (Å²) in [6.45, 7) is 1.76. The van der Waals surface area contributed by atoms with Gasteiger partial charge in [0.25, 0.3) is 5.69 Å². The molecule has 0 unspecified atom stereocenters. The van der Waals surface area contributed by atoms with Crippen LogP contribution >= 0.6 is 11.8 Å². The molecule has 0 radical (unpaired) electrons. The molecule has 34 heavy (non-hydrogen) atoms. The van der Waals surface area contributed by atoms with E-state index in [-0.39, 0.29) is 22.1 Å². The number of aromatic nitrogens is 6. The number of carbonyl (C=O) groups excluding carboxylic acids is 1. The van der Waals surface area contributed by atoms with Crippen molar-refractivity contribution in [3.63, 3.8) is 0 Å². The molecule has 0 amide bonds. The van der Waals surface area contributed by atoms with E-state index in [0.717, 1.165) is 11.8 Å². The first-order valence-corrected chi connectivity index (χ1v) is 12.1. The number of Topliss-reactive ketones (excluding diaryl/α,β-unsaturated/α-hetero) is 1. The van der Waals surface area contributed by atoms with Crippen molar-refractivity contribution in [3.8, 4) is 17.2 Å². The number of nitro benzene ring substituents is 1. The van der Waals surface area contributed by atoms with E-state index in [4.69, 9.17) is 5.14 Å². The van der Waals surface area contributed by atoms with Crippen LogP contribution in [0.5, 0.6) is 0 Å². The van der Waals surface area contributed by atoms with Crippen molar-refractivity contribution in [3.05, 3.63) is 69.9 Å². The van der Waals surface area contributed by atoms with Crippen LogP contribution in [0.1, 0.15) is 16.1 Å². The maximum Gasteiger partial charge on any atom is 0.269 e. The van der Waals surface area contributed by atoms with E-state index in [1.54, 1.807) is 19.1 Å². The second kappa shape index (κ2) is 9.12. The number of ketones is 1. The average molecular weight is 501 g/mol. The van der Waals surface area contributed by atoms with Gasteiger partial charge in [-0.3, -0.25) is 20.0 Å². The first kappa shape index (κ1) is 23.2. The number of non-ortho nitro benzene ring substituents is 1. The zero-order valence-corrected chi connectivity index (χ0v) is 19.1. The van der Waals surface area contributed by atoms with Gasteiger partial charge in [0.05, 0.1) is 27.0 Å². The molecule has 0 atom stereocenters. The number of H-pyrrole nitrogens is 1. The number of nitro groups is 1. The Kier molecular flexibility index (Phi) is 6.23. The summed E-state index contributed by atoms with van der Waals surface area (Å²) in [5.74, 6) is 0.156. The summed E-state index contributed by atoms with van der Waals surface area (Å²) in [4.78, 5) is 26.9. The van der Waals surface area contributed by atoms with Crippen molar-refractivity contribution in [2.45, 2.75) is 17.0 Å². The molecule has 3 N–H and O–H groups in total. The van der Waals surface area contributed by atoms with Gasteiger partial charge in [-0.05, 0) is 43.3 Å². The maximum atomic E-state index is 12.3. The van der Waals surface area contributed by atoms with E-state index in [1.807, 2.05) is 0 Å². The Balaban J connectivity index is 1.45. The second-order valence-corrected chi connectivity index (χ2v) is 9.46. The van der Waals surface area contributed by atoms with Crippen molar-refractivity contribution >= 4 is 33.3 Å². The van der Waals surface area contributed by atoms with Gasteiger partial charge in [-0.2, -0.15) is 4.98 Å². The number of nitrogens with two attached hydrogens (primary N) is 1. The Labute approximate surface area is 196 Å². The summed E-state index contributed by atoms with van der Waals surface area (Å²) in [5, 5.41) is 31.2. The number of nitrogens with one attached hydrogen (secondary N) is 1. The third kappa shape index (κ3) is 4.85. The lowest BCUT2D eigenvalue weighted by Crippen LogP contribution is -2.12. The van der Waals surface area contributed by atoms with Crippen molar-refractivity contribution in [2.24, 2.45) is 5.14 Å². The zero-order valence-electron chi connectivity index (χ0n) is 17.4. The highest BCUT2D eigenvalue weighted by Gasteiger charge is 2.18. The molecule has 0 spiro atoms. The molecule has 0 saturated carbocycles. The van der Waals surface area contributed by atoms with E-state index >= 15 is 0 Å². The largest absolute Gasteiger partial charge is 0.293 e. The highest BCUT2D eigenvalue weighted by Crippen LogP contribution is 2.23. The number of hydrogen-bond donors (Lipinski definition) is 2. The summed E-state index contributed by atoms with van der Waals surface area (Å²) in [6.07, 6.45) is 0. The molecule has 13 nitrogen and oxygen atoms in total. The van der Waals surface area contributed by atoms with Gasteiger partial charge in [0.15, 0.2) is 17.3 Å². The van der Waals surface area contributed by atoms with E-state index in [1.165, 1.54) is 41.1 Å². The van der Waals surface area contributed by atoms with Crippen LogP contribution in [0, 0.1) is 17.0 Å². The molecule has 174 valence electrons. The Morgan fingerprint density at radius 3 is 2.47 bits per heavy atom. The Morgan fingerprint density at radius 2 is 1.85 bits per heavy atom. The van der Waals surface area contributed by atoms with Crippen LogP contribution in [0.2, 0.25) is 0 Å². The highest BCUT2D eigenvalue weighted by molar-refractivity contribution is 7.99. The molecule has 0 aliphatic carbocycles. The van der Waals surface area contributed by atoms with Crippen molar-refractivity contribution in [1.29, 1.82) is 0 Å². The standard InChI is InChI=1S/C19H16N8O5S2/c1-11-17(22-25-26(11)13-6-8-15(9-7-13)34(20,31)32)18-21-19(24-23-18)33-10-16(28)12-2-4-14(5-3-12)27(29)30/h2-9H,10H2,1H3,(H2,20,31,32)(H,21,23,24). The Hall–Kier alpha value is -3.95. The summed E-state index contributed by atoms with van der Waals surface area (Å²) < 4.78 is 24.4. The van der Waals surface area contributed by atoms with Gasteiger partial charge < -0.3 is 0 Å². The van der Waals surface area contributed by atoms with Gasteiger partial charge in [0.1, 0.15) is 0 Å². The Bertz CT molecular complexity index is 1480. The van der Waals surface area contributed by atoms with Gasteiger partial charge >= 0.3 is 0 Å². The van der Waals surface area contributed by atoms with Gasteiger partial charge in [-0.1, -0.05) is 17.0 Å². The molecule has 2 aromatic heterocycles. The number of rotatable bonds is 8. The van der Waals surface area contributed by atoms with Gasteiger partial charge in [0.2, 0.25) is 15.2 Å². The van der Waals surface area contributed by atoms with Gasteiger partial charge in [-0.25, -0.2) is 18.2 Å². The van der Waals surface area contributed by atoms with Crippen LogP contribution in [-0.2, 0) is 10.0 Å². The van der Waals surface area contributed by atoms with Crippen molar-refractivity contribution < 1.29 is 18.1 Å². The van der Waals surface area contributed by atoms with Crippen LogP contribution in [0.25, 0.3) is 17.2 Å². The van der Waals surface area contributed by atoms with E-state index < -0.39 is 14.9 Å². The first-order chi connectivity index (χ1) is 16.1. The smallest absolute Gasteiger partial charge is 0.269 e. The van der Waals surface area contributed by atoms with Crippen LogP contribution in [0.15, 0.2) is 58.6 Å². The minimum atomic E-state index is -3.80. The average Bonchev–Trinajstić information content (AvgIpc) is 3.43. The van der Waals surface area contributed by atoms with Crippen molar-refractivity contribution in [1.82, 2.24) is 30.2 Å². The molecule has 4 aromatic rings. The van der Waals surface area contributed by atoms with Crippen LogP contribution < -0.4 is 5.14 Å². The number of sulfonamides is 1. The van der Waals surface area contributed by atoms with E-state index in [9.17, 15) is 23.3 Å². The fraction of sp³-hybridized carbons (Fsp3) is 0.105. The molecule has 4 rings (SSSR count). The summed E-state index contributed by atoms with van der Waals surface area (Å²) in [6, 6.07) is 11.2. The second-order valence-electron chi connectivity index (χ2n) is 6.96. The number of aromatic amines is 1. The van der Waals surface area contributed by atoms with Gasteiger partial charge in [-0.15, -0.1) is 10.2 Å². The molecule has 0 bridgehead atoms. The molecule has 0 fully saturated rings. The number of hydrogen-bond acceptors (Lipinski definition) is 10. The maximum absolute atomic E-state index is 12.3. The molecule has 2 heterocycles. The van der Waals surface area contributed by atoms with Crippen LogP contribution in [-0.4, -0.2) is 55.1 Å². The molecule has 0 aliphatic heterocycles. The quantitative estimate of drug-likeness (QED) is 0.156. The minimum absolute atomic E-state index is 0.0191. The zero-order chi connectivity index (χ0) is 24.5.